The average Bonchev–Trinajstić information content (AvgIpc) is 2.45. The van der Waals surface area contributed by atoms with E-state index in [1.54, 1.807) is 0 Å². The fourth-order valence-electron chi connectivity index (χ4n) is 2.18. The van der Waals surface area contributed by atoms with Gasteiger partial charge in [-0.25, -0.2) is 0 Å². The lowest BCUT2D eigenvalue weighted by molar-refractivity contribution is -0.138. The van der Waals surface area contributed by atoms with Gasteiger partial charge in [0.05, 0.1) is 18.6 Å². The first kappa shape index (κ1) is 7.10. The molecule has 0 aromatic heterocycles. The van der Waals surface area contributed by atoms with Crippen LogP contribution in [0.15, 0.2) is 0 Å². The van der Waals surface area contributed by atoms with Crippen molar-refractivity contribution in [3.05, 3.63) is 0 Å². The highest BCUT2D eigenvalue weighted by atomic mass is 16.5. The summed E-state index contributed by atoms with van der Waals surface area (Å²) in [5.74, 6) is -0.391. The van der Waals surface area contributed by atoms with Gasteiger partial charge in [-0.3, -0.25) is 4.79 Å². The van der Waals surface area contributed by atoms with Crippen LogP contribution in [0.2, 0.25) is 0 Å². The van der Waals surface area contributed by atoms with Crippen molar-refractivity contribution in [3.8, 4) is 0 Å². The third-order valence-corrected chi connectivity index (χ3v) is 2.67. The summed E-state index contributed by atoms with van der Waals surface area (Å²) >= 11 is 0. The van der Waals surface area contributed by atoms with Gasteiger partial charge in [-0.05, 0) is 25.2 Å². The Morgan fingerprint density at radius 2 is 2.36 bits per heavy atom. The Bertz CT molecular complexity index is 178. The second-order valence-corrected chi connectivity index (χ2v) is 3.47. The number of carboxylic acid groups (broad SMARTS) is 1. The summed E-state index contributed by atoms with van der Waals surface area (Å²) in [6, 6.07) is 0. The van der Waals surface area contributed by atoms with Crippen LogP contribution in [0.3, 0.4) is 0 Å². The number of fused-ring (bicyclic) bond motifs is 2. The maximum absolute atomic E-state index is 10.4. The quantitative estimate of drug-likeness (QED) is 0.649. The molecule has 2 bridgehead atoms. The molecule has 2 saturated heterocycles. The molecule has 62 valence electrons. The smallest absolute Gasteiger partial charge is 0.303 e. The summed E-state index contributed by atoms with van der Waals surface area (Å²) in [5, 5.41) is 8.55. The zero-order valence-corrected chi connectivity index (χ0v) is 6.32. The second-order valence-electron chi connectivity index (χ2n) is 3.47. The molecule has 0 aliphatic carbocycles. The first-order valence-electron chi connectivity index (χ1n) is 4.13. The molecule has 0 spiro atoms. The molecule has 0 radical (unpaired) electrons. The highest BCUT2D eigenvalue weighted by Gasteiger charge is 2.41. The molecule has 0 aromatic rings. The molecule has 2 fully saturated rings. The van der Waals surface area contributed by atoms with Gasteiger partial charge in [0.1, 0.15) is 0 Å². The van der Waals surface area contributed by atoms with Crippen LogP contribution < -0.4 is 0 Å². The normalized spacial score (nSPS) is 41.3. The number of carbonyl (C=O) groups is 1. The first-order chi connectivity index (χ1) is 5.25. The summed E-state index contributed by atoms with van der Waals surface area (Å²) in [5.41, 5.74) is 0. The fourth-order valence-corrected chi connectivity index (χ4v) is 2.18. The SMILES string of the molecule is O=C(O)C[C@@H]1C[C@H]2CC[C@@H]1O2. The summed E-state index contributed by atoms with van der Waals surface area (Å²) < 4.78 is 5.52. The van der Waals surface area contributed by atoms with E-state index in [0.29, 0.717) is 18.4 Å². The van der Waals surface area contributed by atoms with Crippen LogP contribution in [0, 0.1) is 5.92 Å². The molecule has 3 heteroatoms. The highest BCUT2D eigenvalue weighted by molar-refractivity contribution is 5.67. The second kappa shape index (κ2) is 2.48. The van der Waals surface area contributed by atoms with Gasteiger partial charge in [0.2, 0.25) is 0 Å². The molecule has 2 aliphatic heterocycles. The van der Waals surface area contributed by atoms with Crippen molar-refractivity contribution < 1.29 is 14.6 Å². The maximum Gasteiger partial charge on any atom is 0.303 e. The molecule has 2 aliphatic rings. The van der Waals surface area contributed by atoms with Crippen LogP contribution in [0.5, 0.6) is 0 Å². The minimum Gasteiger partial charge on any atom is -0.481 e. The molecule has 0 unspecified atom stereocenters. The van der Waals surface area contributed by atoms with Crippen LogP contribution in [-0.2, 0) is 9.53 Å². The number of rotatable bonds is 2. The molecular formula is C8H12O3. The van der Waals surface area contributed by atoms with Crippen LogP contribution in [0.4, 0.5) is 0 Å². The monoisotopic (exact) mass is 156 g/mol. The van der Waals surface area contributed by atoms with Crippen molar-refractivity contribution in [2.45, 2.75) is 37.9 Å². The van der Waals surface area contributed by atoms with Crippen molar-refractivity contribution in [2.24, 2.45) is 5.92 Å². The maximum atomic E-state index is 10.4. The fraction of sp³-hybridized carbons (Fsp3) is 0.875. The molecule has 0 amide bonds. The minimum atomic E-state index is -0.689. The van der Waals surface area contributed by atoms with Crippen molar-refractivity contribution in [2.75, 3.05) is 0 Å². The van der Waals surface area contributed by atoms with Crippen LogP contribution in [-0.4, -0.2) is 23.3 Å². The zero-order chi connectivity index (χ0) is 7.84. The molecule has 1 N–H and O–H groups in total. The Kier molecular flexibility index (Phi) is 1.60. The van der Waals surface area contributed by atoms with Gasteiger partial charge in [0.15, 0.2) is 0 Å². The van der Waals surface area contributed by atoms with Crippen molar-refractivity contribution in [3.63, 3.8) is 0 Å². The Labute approximate surface area is 65.4 Å². The van der Waals surface area contributed by atoms with Crippen LogP contribution >= 0.6 is 0 Å². The predicted molar refractivity (Wildman–Crippen MR) is 38.3 cm³/mol. The van der Waals surface area contributed by atoms with Gasteiger partial charge in [-0.15, -0.1) is 0 Å². The number of ether oxygens (including phenoxy) is 1. The van der Waals surface area contributed by atoms with Crippen molar-refractivity contribution >= 4 is 5.97 Å². The van der Waals surface area contributed by atoms with Crippen LogP contribution in [0.25, 0.3) is 0 Å². The van der Waals surface area contributed by atoms with E-state index < -0.39 is 5.97 Å². The Morgan fingerprint density at radius 3 is 2.82 bits per heavy atom. The third kappa shape index (κ3) is 1.25. The van der Waals surface area contributed by atoms with Crippen molar-refractivity contribution in [1.29, 1.82) is 0 Å². The summed E-state index contributed by atoms with van der Waals surface area (Å²) in [7, 11) is 0. The number of hydrogen-bond acceptors (Lipinski definition) is 2. The predicted octanol–water partition coefficient (Wildman–Crippen LogP) is 1.03. The Morgan fingerprint density at radius 1 is 1.55 bits per heavy atom. The van der Waals surface area contributed by atoms with Gasteiger partial charge in [-0.1, -0.05) is 0 Å². The van der Waals surface area contributed by atoms with Gasteiger partial charge in [0, 0.05) is 0 Å². The molecule has 2 rings (SSSR count). The van der Waals surface area contributed by atoms with E-state index in [0.717, 1.165) is 19.3 Å². The number of aliphatic carboxylic acids is 1. The zero-order valence-electron chi connectivity index (χ0n) is 6.32. The molecular weight excluding hydrogens is 144 g/mol. The number of carboxylic acids is 1. The average molecular weight is 156 g/mol. The van der Waals surface area contributed by atoms with Crippen LogP contribution in [0.1, 0.15) is 25.7 Å². The van der Waals surface area contributed by atoms with E-state index in [9.17, 15) is 4.79 Å². The van der Waals surface area contributed by atoms with E-state index in [1.807, 2.05) is 0 Å². The minimum absolute atomic E-state index is 0.260. The molecule has 0 saturated carbocycles. The molecule has 2 heterocycles. The van der Waals surface area contributed by atoms with Gasteiger partial charge < -0.3 is 9.84 Å². The Hall–Kier alpha value is -0.570. The first-order valence-corrected chi connectivity index (χ1v) is 4.13. The van der Waals surface area contributed by atoms with E-state index in [1.165, 1.54) is 0 Å². The summed E-state index contributed by atoms with van der Waals surface area (Å²) in [4.78, 5) is 10.4. The standard InChI is InChI=1S/C8H12O3/c9-8(10)4-5-3-6-1-2-7(5)11-6/h5-7H,1-4H2,(H,9,10)/t5-,6+,7-/m0/s1. The molecule has 3 nitrogen and oxygen atoms in total. The molecule has 0 aromatic carbocycles. The van der Waals surface area contributed by atoms with E-state index in [4.69, 9.17) is 9.84 Å². The van der Waals surface area contributed by atoms with Gasteiger partial charge in [-0.2, -0.15) is 0 Å². The van der Waals surface area contributed by atoms with Gasteiger partial charge in [0.25, 0.3) is 0 Å². The van der Waals surface area contributed by atoms with E-state index in [-0.39, 0.29) is 6.10 Å². The van der Waals surface area contributed by atoms with E-state index >= 15 is 0 Å². The number of hydrogen-bond donors (Lipinski definition) is 1. The largest absolute Gasteiger partial charge is 0.481 e. The highest BCUT2D eigenvalue weighted by Crippen LogP contribution is 2.40. The van der Waals surface area contributed by atoms with Crippen molar-refractivity contribution in [1.82, 2.24) is 0 Å². The Balaban J connectivity index is 1.92. The topological polar surface area (TPSA) is 46.5 Å². The molecule has 11 heavy (non-hydrogen) atoms. The third-order valence-electron chi connectivity index (χ3n) is 2.67. The van der Waals surface area contributed by atoms with E-state index in [2.05, 4.69) is 0 Å². The summed E-state index contributed by atoms with van der Waals surface area (Å²) in [6.45, 7) is 0. The molecule has 3 atom stereocenters. The lowest BCUT2D eigenvalue weighted by atomic mass is 9.87. The lowest BCUT2D eigenvalue weighted by Crippen LogP contribution is -2.19. The lowest BCUT2D eigenvalue weighted by Gasteiger charge is -2.15. The van der Waals surface area contributed by atoms with Gasteiger partial charge >= 0.3 is 5.97 Å². The summed E-state index contributed by atoms with van der Waals surface area (Å²) in [6.07, 6.45) is 4.11.